The highest BCUT2D eigenvalue weighted by atomic mass is 32.2. The molecular formula is C20H17N5S. The highest BCUT2D eigenvalue weighted by Gasteiger charge is 2.15. The van der Waals surface area contributed by atoms with Gasteiger partial charge in [-0.15, -0.1) is 11.8 Å². The van der Waals surface area contributed by atoms with Gasteiger partial charge in [-0.3, -0.25) is 0 Å². The Kier molecular flexibility index (Phi) is 4.23. The number of fused-ring (bicyclic) bond motifs is 2. The first-order valence-electron chi connectivity index (χ1n) is 8.24. The fourth-order valence-corrected chi connectivity index (χ4v) is 3.69. The van der Waals surface area contributed by atoms with E-state index in [-0.39, 0.29) is 0 Å². The molecule has 0 spiro atoms. The van der Waals surface area contributed by atoms with Gasteiger partial charge in [0.1, 0.15) is 22.5 Å². The Morgan fingerprint density at radius 1 is 1.08 bits per heavy atom. The van der Waals surface area contributed by atoms with Crippen molar-refractivity contribution >= 4 is 39.4 Å². The summed E-state index contributed by atoms with van der Waals surface area (Å²) in [6, 6.07) is 18.3. The molecule has 0 saturated carbocycles. The molecule has 128 valence electrons. The Bertz CT molecular complexity index is 1160. The molecule has 0 amide bonds. The Balaban J connectivity index is 1.79. The second-order valence-electron chi connectivity index (χ2n) is 5.93. The van der Waals surface area contributed by atoms with E-state index in [0.29, 0.717) is 12.1 Å². The maximum atomic E-state index is 9.69. The molecule has 26 heavy (non-hydrogen) atoms. The van der Waals surface area contributed by atoms with Gasteiger partial charge in [-0.25, -0.2) is 9.97 Å². The van der Waals surface area contributed by atoms with Crippen molar-refractivity contribution in [1.29, 1.82) is 5.26 Å². The summed E-state index contributed by atoms with van der Waals surface area (Å²) in [7, 11) is 2.01. The topological polar surface area (TPSA) is 66.5 Å². The van der Waals surface area contributed by atoms with Crippen molar-refractivity contribution in [2.75, 3.05) is 11.6 Å². The first-order valence-corrected chi connectivity index (χ1v) is 9.46. The molecule has 0 fully saturated rings. The lowest BCUT2D eigenvalue weighted by Gasteiger charge is -2.13. The van der Waals surface area contributed by atoms with Gasteiger partial charge in [0.15, 0.2) is 0 Å². The number of thioether (sulfide) groups is 1. The Labute approximate surface area is 155 Å². The Hall–Kier alpha value is -3.04. The zero-order chi connectivity index (χ0) is 18.1. The van der Waals surface area contributed by atoms with Crippen LogP contribution in [0.4, 0.5) is 5.69 Å². The predicted molar refractivity (Wildman–Crippen MR) is 106 cm³/mol. The lowest BCUT2D eigenvalue weighted by Crippen LogP contribution is -2.08. The van der Waals surface area contributed by atoms with Gasteiger partial charge in [0, 0.05) is 12.4 Å². The fourth-order valence-electron chi connectivity index (χ4n) is 3.15. The molecule has 2 aromatic heterocycles. The number of hydrogen-bond donors (Lipinski definition) is 1. The van der Waals surface area contributed by atoms with Crippen LogP contribution in [-0.4, -0.2) is 20.8 Å². The van der Waals surface area contributed by atoms with Crippen molar-refractivity contribution in [2.24, 2.45) is 7.05 Å². The van der Waals surface area contributed by atoms with E-state index in [1.807, 2.05) is 55.8 Å². The molecule has 0 radical (unpaired) electrons. The monoisotopic (exact) mass is 359 g/mol. The molecule has 5 nitrogen and oxygen atoms in total. The molecule has 0 aliphatic carbocycles. The summed E-state index contributed by atoms with van der Waals surface area (Å²) >= 11 is 1.48. The molecule has 2 aromatic carbocycles. The van der Waals surface area contributed by atoms with Gasteiger partial charge in [0.05, 0.1) is 28.8 Å². The summed E-state index contributed by atoms with van der Waals surface area (Å²) in [5.74, 6) is 0.918. The third-order valence-corrected chi connectivity index (χ3v) is 5.15. The highest BCUT2D eigenvalue weighted by molar-refractivity contribution is 7.98. The van der Waals surface area contributed by atoms with Crippen LogP contribution in [0.15, 0.2) is 53.6 Å². The van der Waals surface area contributed by atoms with Crippen LogP contribution in [0, 0.1) is 11.3 Å². The van der Waals surface area contributed by atoms with Crippen LogP contribution in [0.1, 0.15) is 11.4 Å². The maximum absolute atomic E-state index is 9.69. The quantitative estimate of drug-likeness (QED) is 0.550. The van der Waals surface area contributed by atoms with E-state index in [2.05, 4.69) is 27.0 Å². The van der Waals surface area contributed by atoms with Crippen LogP contribution in [-0.2, 0) is 13.6 Å². The summed E-state index contributed by atoms with van der Waals surface area (Å²) in [6.07, 6.45) is 1.94. The SMILES string of the molecule is CSc1nc2ccccc2c(NCc2nc3ccccc3n2C)c1C#N. The molecule has 0 atom stereocenters. The van der Waals surface area contributed by atoms with E-state index < -0.39 is 0 Å². The van der Waals surface area contributed by atoms with E-state index in [4.69, 9.17) is 4.98 Å². The second kappa shape index (κ2) is 6.70. The Morgan fingerprint density at radius 2 is 1.81 bits per heavy atom. The number of hydrogen-bond acceptors (Lipinski definition) is 5. The van der Waals surface area contributed by atoms with Gasteiger partial charge in [-0.1, -0.05) is 30.3 Å². The number of anilines is 1. The van der Waals surface area contributed by atoms with Crippen LogP contribution in [0.5, 0.6) is 0 Å². The number of nitriles is 1. The summed E-state index contributed by atoms with van der Waals surface area (Å²) in [4.78, 5) is 9.31. The molecular weight excluding hydrogens is 342 g/mol. The zero-order valence-corrected chi connectivity index (χ0v) is 15.3. The van der Waals surface area contributed by atoms with Crippen molar-refractivity contribution in [1.82, 2.24) is 14.5 Å². The molecule has 0 saturated heterocycles. The largest absolute Gasteiger partial charge is 0.376 e. The van der Waals surface area contributed by atoms with Crippen molar-refractivity contribution in [3.63, 3.8) is 0 Å². The van der Waals surface area contributed by atoms with E-state index in [1.54, 1.807) is 0 Å². The molecule has 0 unspecified atom stereocenters. The average molecular weight is 359 g/mol. The normalized spacial score (nSPS) is 11.0. The van der Waals surface area contributed by atoms with Gasteiger partial charge >= 0.3 is 0 Å². The fraction of sp³-hybridized carbons (Fsp3) is 0.150. The summed E-state index contributed by atoms with van der Waals surface area (Å²) in [5.41, 5.74) is 4.33. The van der Waals surface area contributed by atoms with Crippen LogP contribution in [0.2, 0.25) is 0 Å². The number of benzene rings is 2. The van der Waals surface area contributed by atoms with Crippen molar-refractivity contribution in [3.05, 3.63) is 59.9 Å². The Morgan fingerprint density at radius 3 is 2.54 bits per heavy atom. The summed E-state index contributed by atoms with van der Waals surface area (Å²) in [5, 5.41) is 14.8. The molecule has 6 heteroatoms. The first kappa shape index (κ1) is 16.4. The standard InChI is InChI=1S/C20H17N5S/c1-25-17-10-6-5-9-16(17)23-18(25)12-22-19-13-7-3-4-8-15(13)24-20(26-2)14(19)11-21/h3-10H,12H2,1-2H3,(H,22,24). The molecule has 0 aliphatic rings. The van der Waals surface area contributed by atoms with Gasteiger partial charge in [0.2, 0.25) is 0 Å². The minimum atomic E-state index is 0.529. The molecule has 4 aromatic rings. The summed E-state index contributed by atoms with van der Waals surface area (Å²) in [6.45, 7) is 0.529. The number of imidazole rings is 1. The third-order valence-electron chi connectivity index (χ3n) is 4.47. The van der Waals surface area contributed by atoms with E-state index >= 15 is 0 Å². The predicted octanol–water partition coefficient (Wildman–Crippen LogP) is 4.33. The molecule has 0 aliphatic heterocycles. The smallest absolute Gasteiger partial charge is 0.128 e. The number of aromatic nitrogens is 3. The average Bonchev–Trinajstić information content (AvgIpc) is 3.01. The number of para-hydroxylation sites is 3. The van der Waals surface area contributed by atoms with Crippen LogP contribution < -0.4 is 5.32 Å². The maximum Gasteiger partial charge on any atom is 0.128 e. The number of aryl methyl sites for hydroxylation is 1. The number of nitrogens with zero attached hydrogens (tertiary/aromatic N) is 4. The number of rotatable bonds is 4. The number of pyridine rings is 1. The molecule has 0 bridgehead atoms. The first-order chi connectivity index (χ1) is 12.7. The molecule has 2 heterocycles. The van der Waals surface area contributed by atoms with E-state index in [9.17, 15) is 5.26 Å². The van der Waals surface area contributed by atoms with E-state index in [0.717, 1.165) is 38.5 Å². The minimum Gasteiger partial charge on any atom is -0.376 e. The van der Waals surface area contributed by atoms with Gasteiger partial charge in [0.25, 0.3) is 0 Å². The van der Waals surface area contributed by atoms with Gasteiger partial charge in [-0.05, 0) is 24.5 Å². The number of nitrogens with one attached hydrogen (secondary N) is 1. The van der Waals surface area contributed by atoms with Crippen LogP contribution in [0.3, 0.4) is 0 Å². The molecule has 4 rings (SSSR count). The highest BCUT2D eigenvalue weighted by Crippen LogP contribution is 2.32. The molecule has 1 N–H and O–H groups in total. The van der Waals surface area contributed by atoms with Gasteiger partial charge < -0.3 is 9.88 Å². The third kappa shape index (κ3) is 2.67. The van der Waals surface area contributed by atoms with E-state index in [1.165, 1.54) is 11.8 Å². The lowest BCUT2D eigenvalue weighted by atomic mass is 10.1. The van der Waals surface area contributed by atoms with Crippen molar-refractivity contribution in [3.8, 4) is 6.07 Å². The van der Waals surface area contributed by atoms with Crippen LogP contribution in [0.25, 0.3) is 21.9 Å². The van der Waals surface area contributed by atoms with Crippen molar-refractivity contribution in [2.45, 2.75) is 11.6 Å². The zero-order valence-electron chi connectivity index (χ0n) is 14.5. The minimum absolute atomic E-state index is 0.529. The van der Waals surface area contributed by atoms with Crippen molar-refractivity contribution < 1.29 is 0 Å². The van der Waals surface area contributed by atoms with Crippen LogP contribution >= 0.6 is 11.8 Å². The second-order valence-corrected chi connectivity index (χ2v) is 6.72. The summed E-state index contributed by atoms with van der Waals surface area (Å²) < 4.78 is 2.08. The lowest BCUT2D eigenvalue weighted by molar-refractivity contribution is 0.834. The van der Waals surface area contributed by atoms with Gasteiger partial charge in [-0.2, -0.15) is 5.26 Å².